The number of piperidine rings is 1. The van der Waals surface area contributed by atoms with Crippen LogP contribution in [0.5, 0.6) is 0 Å². The fourth-order valence-corrected chi connectivity index (χ4v) is 3.11. The van der Waals surface area contributed by atoms with Gasteiger partial charge in [0.25, 0.3) is 5.91 Å². The van der Waals surface area contributed by atoms with Crippen molar-refractivity contribution in [1.82, 2.24) is 15.5 Å². The van der Waals surface area contributed by atoms with Crippen LogP contribution in [-0.4, -0.2) is 34.6 Å². The number of hydrogen-bond donors (Lipinski definition) is 2. The minimum atomic E-state index is -0.610. The molecule has 1 atom stereocenters. The molecule has 1 fully saturated rings. The molecule has 0 aromatic heterocycles. The summed E-state index contributed by atoms with van der Waals surface area (Å²) >= 11 is 0. The normalized spacial score (nSPS) is 19.9. The average molecular weight is 343 g/mol. The van der Waals surface area contributed by atoms with E-state index in [1.165, 1.54) is 4.90 Å². The molecule has 25 heavy (non-hydrogen) atoms. The van der Waals surface area contributed by atoms with E-state index in [0.717, 1.165) is 11.1 Å². The van der Waals surface area contributed by atoms with Crippen molar-refractivity contribution in [3.8, 4) is 0 Å². The minimum Gasteiger partial charge on any atom is -0.352 e. The van der Waals surface area contributed by atoms with Gasteiger partial charge in [-0.05, 0) is 23.6 Å². The van der Waals surface area contributed by atoms with E-state index < -0.39 is 11.9 Å². The van der Waals surface area contributed by atoms with Crippen molar-refractivity contribution in [2.45, 2.75) is 45.8 Å². The number of hydrogen-bond acceptors (Lipinski definition) is 4. The average Bonchev–Trinajstić information content (AvgIpc) is 2.89. The van der Waals surface area contributed by atoms with Crippen LogP contribution in [0.4, 0.5) is 0 Å². The molecule has 0 spiro atoms. The molecule has 2 aliphatic rings. The summed E-state index contributed by atoms with van der Waals surface area (Å²) in [6, 6.07) is 4.89. The second-order valence-corrected chi connectivity index (χ2v) is 6.76. The van der Waals surface area contributed by atoms with Crippen molar-refractivity contribution in [2.24, 2.45) is 5.92 Å². The standard InChI is InChI=1S/C18H21N3O4/c1-10(2)16(23)19-8-11-3-4-12-9-21(18(25)13(12)7-11)14-5-6-15(22)20-17(14)24/h3-4,7,10,14H,5-6,8-9H2,1-2H3,(H,19,23)(H,20,22,24). The third-order valence-corrected chi connectivity index (χ3v) is 4.58. The van der Waals surface area contributed by atoms with E-state index in [0.29, 0.717) is 25.1 Å². The van der Waals surface area contributed by atoms with E-state index in [2.05, 4.69) is 10.6 Å². The summed E-state index contributed by atoms with van der Waals surface area (Å²) in [4.78, 5) is 49.2. The van der Waals surface area contributed by atoms with Gasteiger partial charge in [0, 0.05) is 31.0 Å². The second-order valence-electron chi connectivity index (χ2n) is 6.76. The Balaban J connectivity index is 1.72. The molecule has 3 rings (SSSR count). The zero-order chi connectivity index (χ0) is 18.1. The van der Waals surface area contributed by atoms with Gasteiger partial charge in [-0.25, -0.2) is 0 Å². The zero-order valence-electron chi connectivity index (χ0n) is 14.3. The molecule has 0 saturated carbocycles. The minimum absolute atomic E-state index is 0.0444. The third-order valence-electron chi connectivity index (χ3n) is 4.58. The lowest BCUT2D eigenvalue weighted by atomic mass is 10.0. The van der Waals surface area contributed by atoms with E-state index in [4.69, 9.17) is 0 Å². The number of carbonyl (C=O) groups excluding carboxylic acids is 4. The summed E-state index contributed by atoms with van der Waals surface area (Å²) in [6.07, 6.45) is 0.588. The molecule has 0 bridgehead atoms. The summed E-state index contributed by atoms with van der Waals surface area (Å²) in [5.41, 5.74) is 2.25. The smallest absolute Gasteiger partial charge is 0.255 e. The fraction of sp³-hybridized carbons (Fsp3) is 0.444. The molecule has 7 nitrogen and oxygen atoms in total. The molecule has 0 radical (unpaired) electrons. The molecule has 1 aromatic carbocycles. The maximum atomic E-state index is 12.7. The molecule has 0 aliphatic carbocycles. The number of nitrogens with one attached hydrogen (secondary N) is 2. The van der Waals surface area contributed by atoms with Crippen LogP contribution in [-0.2, 0) is 27.5 Å². The van der Waals surface area contributed by atoms with E-state index in [9.17, 15) is 19.2 Å². The van der Waals surface area contributed by atoms with E-state index >= 15 is 0 Å². The predicted octanol–water partition coefficient (Wildman–Crippen LogP) is 0.720. The molecule has 7 heteroatoms. The number of benzene rings is 1. The molecule has 1 unspecified atom stereocenters. The van der Waals surface area contributed by atoms with Gasteiger partial charge in [0.1, 0.15) is 6.04 Å². The summed E-state index contributed by atoms with van der Waals surface area (Å²) in [7, 11) is 0. The summed E-state index contributed by atoms with van der Waals surface area (Å²) in [5, 5.41) is 5.11. The Bertz CT molecular complexity index is 757. The molecule has 132 valence electrons. The Morgan fingerprint density at radius 1 is 1.32 bits per heavy atom. The van der Waals surface area contributed by atoms with E-state index in [1.807, 2.05) is 26.0 Å². The Morgan fingerprint density at radius 3 is 2.76 bits per heavy atom. The molecule has 4 amide bonds. The largest absolute Gasteiger partial charge is 0.352 e. The van der Waals surface area contributed by atoms with Crippen LogP contribution < -0.4 is 10.6 Å². The van der Waals surface area contributed by atoms with Crippen molar-refractivity contribution in [1.29, 1.82) is 0 Å². The van der Waals surface area contributed by atoms with Crippen molar-refractivity contribution < 1.29 is 19.2 Å². The number of rotatable bonds is 4. The highest BCUT2D eigenvalue weighted by molar-refractivity contribution is 6.05. The lowest BCUT2D eigenvalue weighted by molar-refractivity contribution is -0.137. The lowest BCUT2D eigenvalue weighted by Gasteiger charge is -2.29. The molecule has 1 saturated heterocycles. The van der Waals surface area contributed by atoms with Crippen LogP contribution in [0.3, 0.4) is 0 Å². The number of carbonyl (C=O) groups is 4. The van der Waals surface area contributed by atoms with Gasteiger partial charge in [0.15, 0.2) is 0 Å². The zero-order valence-corrected chi connectivity index (χ0v) is 14.3. The first-order valence-electron chi connectivity index (χ1n) is 8.41. The second kappa shape index (κ2) is 6.66. The monoisotopic (exact) mass is 343 g/mol. The van der Waals surface area contributed by atoms with Crippen LogP contribution >= 0.6 is 0 Å². The molecule has 2 heterocycles. The van der Waals surface area contributed by atoms with E-state index in [1.54, 1.807) is 6.07 Å². The highest BCUT2D eigenvalue weighted by Crippen LogP contribution is 2.28. The van der Waals surface area contributed by atoms with Gasteiger partial charge in [-0.3, -0.25) is 24.5 Å². The number of fused-ring (bicyclic) bond motifs is 1. The predicted molar refractivity (Wildman–Crippen MR) is 89.2 cm³/mol. The van der Waals surface area contributed by atoms with Gasteiger partial charge in [-0.1, -0.05) is 26.0 Å². The Kier molecular flexibility index (Phi) is 4.57. The highest BCUT2D eigenvalue weighted by atomic mass is 16.2. The lowest BCUT2D eigenvalue weighted by Crippen LogP contribution is -2.52. The first-order valence-corrected chi connectivity index (χ1v) is 8.41. The van der Waals surface area contributed by atoms with Gasteiger partial charge >= 0.3 is 0 Å². The topological polar surface area (TPSA) is 95.6 Å². The Labute approximate surface area is 145 Å². The maximum absolute atomic E-state index is 12.7. The van der Waals surface area contributed by atoms with Crippen molar-refractivity contribution in [2.75, 3.05) is 0 Å². The van der Waals surface area contributed by atoms with E-state index in [-0.39, 0.29) is 30.1 Å². The van der Waals surface area contributed by atoms with Gasteiger partial charge in [0.2, 0.25) is 17.7 Å². The summed E-state index contributed by atoms with van der Waals surface area (Å²) < 4.78 is 0. The fourth-order valence-electron chi connectivity index (χ4n) is 3.11. The molecule has 2 N–H and O–H groups in total. The first kappa shape index (κ1) is 17.1. The van der Waals surface area contributed by atoms with Crippen molar-refractivity contribution in [3.63, 3.8) is 0 Å². The molecular weight excluding hydrogens is 322 g/mol. The van der Waals surface area contributed by atoms with Crippen LogP contribution in [0.25, 0.3) is 0 Å². The Morgan fingerprint density at radius 2 is 2.08 bits per heavy atom. The first-order chi connectivity index (χ1) is 11.9. The summed E-state index contributed by atoms with van der Waals surface area (Å²) in [6.45, 7) is 4.36. The van der Waals surface area contributed by atoms with Crippen molar-refractivity contribution in [3.05, 3.63) is 34.9 Å². The van der Waals surface area contributed by atoms with Gasteiger partial charge in [-0.15, -0.1) is 0 Å². The van der Waals surface area contributed by atoms with Gasteiger partial charge in [0.05, 0.1) is 0 Å². The van der Waals surface area contributed by atoms with Crippen LogP contribution in [0.1, 0.15) is 48.2 Å². The number of nitrogens with zero attached hydrogens (tertiary/aromatic N) is 1. The van der Waals surface area contributed by atoms with Crippen LogP contribution in [0.2, 0.25) is 0 Å². The quantitative estimate of drug-likeness (QED) is 0.788. The SMILES string of the molecule is CC(C)C(=O)NCc1ccc2c(c1)C(=O)N(C1CCC(=O)NC1=O)C2. The Hall–Kier alpha value is -2.70. The number of amides is 4. The maximum Gasteiger partial charge on any atom is 0.255 e. The van der Waals surface area contributed by atoms with Crippen LogP contribution in [0, 0.1) is 5.92 Å². The van der Waals surface area contributed by atoms with Crippen LogP contribution in [0.15, 0.2) is 18.2 Å². The third kappa shape index (κ3) is 3.40. The molecule has 2 aliphatic heterocycles. The molecule has 1 aromatic rings. The van der Waals surface area contributed by atoms with Crippen molar-refractivity contribution >= 4 is 23.6 Å². The highest BCUT2D eigenvalue weighted by Gasteiger charge is 2.39. The number of imide groups is 1. The summed E-state index contributed by atoms with van der Waals surface area (Å²) in [5.74, 6) is -1.06. The molecular formula is C18H21N3O4. The van der Waals surface area contributed by atoms with Gasteiger partial charge < -0.3 is 10.2 Å². The van der Waals surface area contributed by atoms with Gasteiger partial charge in [-0.2, -0.15) is 0 Å².